The lowest BCUT2D eigenvalue weighted by molar-refractivity contribution is -0.139. The Balaban J connectivity index is 1.78. The number of hydrogen-bond donors (Lipinski definition) is 2. The van der Waals surface area contributed by atoms with Crippen molar-refractivity contribution in [2.75, 3.05) is 13.2 Å². The van der Waals surface area contributed by atoms with Crippen LogP contribution in [-0.2, 0) is 30.5 Å². The van der Waals surface area contributed by atoms with Crippen molar-refractivity contribution in [1.29, 1.82) is 0 Å². The van der Waals surface area contributed by atoms with Gasteiger partial charge in [-0.2, -0.15) is 0 Å². The molecule has 1 aromatic heterocycles. The summed E-state index contributed by atoms with van der Waals surface area (Å²) in [6, 6.07) is 13.3. The van der Waals surface area contributed by atoms with E-state index in [1.807, 2.05) is 69.5 Å². The van der Waals surface area contributed by atoms with Crippen LogP contribution in [0.15, 0.2) is 60.8 Å². The molecule has 1 heterocycles. The number of benzene rings is 2. The number of aromatic nitrogens is 1. The highest BCUT2D eigenvalue weighted by Gasteiger charge is 2.37. The summed E-state index contributed by atoms with van der Waals surface area (Å²) < 4.78 is 31.3. The summed E-state index contributed by atoms with van der Waals surface area (Å²) in [4.78, 5) is 65.1. The molecule has 0 saturated carbocycles. The normalized spacial score (nSPS) is 13.3. The first-order chi connectivity index (χ1) is 25.4. The highest BCUT2D eigenvalue weighted by Crippen LogP contribution is 2.41. The van der Waals surface area contributed by atoms with Gasteiger partial charge in [-0.15, -0.1) is 0 Å². The van der Waals surface area contributed by atoms with E-state index in [1.54, 1.807) is 24.1 Å². The van der Waals surface area contributed by atoms with Gasteiger partial charge in [0, 0.05) is 67.7 Å². The number of aliphatic hydroxyl groups excluding tert-OH is 1. The number of halogens is 2. The molecule has 2 aromatic carbocycles. The Labute approximate surface area is 318 Å². The van der Waals surface area contributed by atoms with Crippen molar-refractivity contribution < 1.29 is 37.9 Å². The fourth-order valence-electron chi connectivity index (χ4n) is 6.81. The molecule has 54 heavy (non-hydrogen) atoms. The van der Waals surface area contributed by atoms with Gasteiger partial charge in [-0.05, 0) is 74.3 Å². The summed E-state index contributed by atoms with van der Waals surface area (Å²) in [7, 11) is 0. The molecule has 11 heteroatoms. The number of amides is 2. The quantitative estimate of drug-likeness (QED) is 0.108. The number of nitrogens with zero attached hydrogens (tertiary/aromatic N) is 2. The average Bonchev–Trinajstić information content (AvgIpc) is 3.50. The minimum Gasteiger partial charge on any atom is -0.387 e. The fourth-order valence-corrected chi connectivity index (χ4v) is 6.81. The molecule has 0 aliphatic rings. The number of carbonyl (C=O) groups is 5. The van der Waals surface area contributed by atoms with E-state index in [0.717, 1.165) is 23.8 Å². The van der Waals surface area contributed by atoms with Crippen molar-refractivity contribution in [3.8, 4) is 11.1 Å². The van der Waals surface area contributed by atoms with Crippen LogP contribution in [0.5, 0.6) is 0 Å². The van der Waals surface area contributed by atoms with E-state index in [9.17, 15) is 33.5 Å². The molecule has 2 N–H and O–H groups in total. The van der Waals surface area contributed by atoms with E-state index in [0.29, 0.717) is 43.5 Å². The lowest BCUT2D eigenvalue weighted by Crippen LogP contribution is -2.44. The summed E-state index contributed by atoms with van der Waals surface area (Å²) in [6.07, 6.45) is 3.73. The van der Waals surface area contributed by atoms with Crippen molar-refractivity contribution in [2.24, 2.45) is 17.3 Å². The number of Topliss-reactive ketones (excluding diaryl/α,β-unsaturated/α-hetero) is 3. The van der Waals surface area contributed by atoms with Crippen LogP contribution in [0.3, 0.4) is 0 Å². The maximum atomic E-state index is 15.0. The zero-order valence-corrected chi connectivity index (χ0v) is 32.8. The van der Waals surface area contributed by atoms with E-state index < -0.39 is 47.6 Å². The number of nitrogens with one attached hydrogen (secondary N) is 1. The van der Waals surface area contributed by atoms with Crippen molar-refractivity contribution in [1.82, 2.24) is 14.8 Å². The summed E-state index contributed by atoms with van der Waals surface area (Å²) in [5, 5.41) is 12.9. The van der Waals surface area contributed by atoms with E-state index >= 15 is 4.39 Å². The van der Waals surface area contributed by atoms with Crippen LogP contribution >= 0.6 is 0 Å². The summed E-state index contributed by atoms with van der Waals surface area (Å²) >= 11 is 0. The monoisotopic (exact) mass is 749 g/mol. The van der Waals surface area contributed by atoms with Gasteiger partial charge in [0.1, 0.15) is 29.8 Å². The van der Waals surface area contributed by atoms with E-state index in [-0.39, 0.29) is 60.5 Å². The predicted molar refractivity (Wildman–Crippen MR) is 205 cm³/mol. The van der Waals surface area contributed by atoms with Crippen LogP contribution in [0.25, 0.3) is 11.1 Å². The maximum Gasteiger partial charge on any atom is 0.248 e. The first-order valence-corrected chi connectivity index (χ1v) is 18.9. The number of hydrogen-bond acceptors (Lipinski definition) is 6. The van der Waals surface area contributed by atoms with Crippen LogP contribution in [0.1, 0.15) is 111 Å². The summed E-state index contributed by atoms with van der Waals surface area (Å²) in [5.41, 5.74) is 1.60. The SMILES string of the molecule is CC(=O)CCCC(=O)C[C@H](C(=O)N[C@@H](C)C(=O)CCCCN(C(=O)CO)[C@@H](c1cc(-c2cc(F)ccc2F)cn1Cc1ccccc1)C(C)(C)C)C(C)C. The van der Waals surface area contributed by atoms with Gasteiger partial charge in [-0.25, -0.2) is 8.78 Å². The lowest BCUT2D eigenvalue weighted by Gasteiger charge is -2.41. The third-order valence-electron chi connectivity index (χ3n) is 9.72. The third-order valence-corrected chi connectivity index (χ3v) is 9.72. The molecule has 0 unspecified atom stereocenters. The molecule has 0 saturated heterocycles. The van der Waals surface area contributed by atoms with Crippen LogP contribution in [0.4, 0.5) is 8.78 Å². The Kier molecular flexibility index (Phi) is 16.5. The third kappa shape index (κ3) is 12.8. The molecule has 0 radical (unpaired) electrons. The molecule has 2 amide bonds. The highest BCUT2D eigenvalue weighted by atomic mass is 19.1. The van der Waals surface area contributed by atoms with Crippen molar-refractivity contribution >= 4 is 29.2 Å². The minimum absolute atomic E-state index is 0.0121. The zero-order valence-electron chi connectivity index (χ0n) is 32.8. The first-order valence-electron chi connectivity index (χ1n) is 18.9. The van der Waals surface area contributed by atoms with Gasteiger partial charge in [-0.1, -0.05) is 65.0 Å². The molecule has 0 bridgehead atoms. The first kappa shape index (κ1) is 43.9. The highest BCUT2D eigenvalue weighted by molar-refractivity contribution is 5.92. The van der Waals surface area contributed by atoms with E-state index in [4.69, 9.17) is 0 Å². The van der Waals surface area contributed by atoms with Crippen molar-refractivity contribution in [2.45, 2.75) is 112 Å². The molecule has 9 nitrogen and oxygen atoms in total. The van der Waals surface area contributed by atoms with Crippen molar-refractivity contribution in [3.63, 3.8) is 0 Å². The van der Waals surface area contributed by atoms with Gasteiger partial charge in [0.15, 0.2) is 5.78 Å². The Bertz CT molecular complexity index is 1750. The smallest absolute Gasteiger partial charge is 0.248 e. The Morgan fingerprint density at radius 3 is 2.19 bits per heavy atom. The molecule has 3 aromatic rings. The summed E-state index contributed by atoms with van der Waals surface area (Å²) in [5.74, 6) is -3.04. The van der Waals surface area contributed by atoms with Crippen molar-refractivity contribution in [3.05, 3.63) is 83.7 Å². The Morgan fingerprint density at radius 1 is 0.889 bits per heavy atom. The van der Waals surface area contributed by atoms with Gasteiger partial charge in [-0.3, -0.25) is 19.2 Å². The number of rotatable bonds is 21. The molecule has 3 rings (SSSR count). The number of unbranched alkanes of at least 4 members (excludes halogenated alkanes) is 1. The van der Waals surface area contributed by atoms with E-state index in [1.165, 1.54) is 6.92 Å². The zero-order chi connectivity index (χ0) is 40.2. The molecular formula is C43H57F2N3O6. The second-order valence-electron chi connectivity index (χ2n) is 15.7. The minimum atomic E-state index is -0.785. The van der Waals surface area contributed by atoms with Gasteiger partial charge in [0.05, 0.1) is 12.1 Å². The van der Waals surface area contributed by atoms with Crippen LogP contribution in [-0.4, -0.2) is 62.9 Å². The molecule has 294 valence electrons. The number of carbonyl (C=O) groups excluding carboxylic acids is 5. The molecule has 0 aliphatic heterocycles. The van der Waals surface area contributed by atoms with Gasteiger partial charge in [0.2, 0.25) is 11.8 Å². The topological polar surface area (TPSA) is 126 Å². The summed E-state index contributed by atoms with van der Waals surface area (Å²) in [6.45, 7) is 12.6. The Hall–Kier alpha value is -4.51. The van der Waals surface area contributed by atoms with Gasteiger partial charge < -0.3 is 24.7 Å². The van der Waals surface area contributed by atoms with Crippen LogP contribution in [0.2, 0.25) is 0 Å². The second kappa shape index (κ2) is 20.2. The maximum absolute atomic E-state index is 15.0. The van der Waals surface area contributed by atoms with Gasteiger partial charge >= 0.3 is 0 Å². The molecular weight excluding hydrogens is 692 g/mol. The Morgan fingerprint density at radius 2 is 1.57 bits per heavy atom. The predicted octanol–water partition coefficient (Wildman–Crippen LogP) is 7.62. The van der Waals surface area contributed by atoms with Crippen LogP contribution < -0.4 is 5.32 Å². The van der Waals surface area contributed by atoms with Gasteiger partial charge in [0.25, 0.3) is 0 Å². The average molecular weight is 750 g/mol. The lowest BCUT2D eigenvalue weighted by atomic mass is 9.82. The molecule has 0 spiro atoms. The van der Waals surface area contributed by atoms with E-state index in [2.05, 4.69) is 5.32 Å². The molecule has 0 aliphatic carbocycles. The molecule has 0 fully saturated rings. The largest absolute Gasteiger partial charge is 0.387 e. The standard InChI is InChI=1S/C43H57F2N3O6/c1-28(2)35(24-34(51)17-13-14-29(3)50)42(54)46-30(4)39(52)18-11-12-21-48(40(53)27-49)41(43(5,6)7)38-22-32(36-23-33(44)19-20-37(36)45)26-47(38)25-31-15-9-8-10-16-31/h8-10,15-16,19-20,22-23,26,28,30,35,41,49H,11-14,17-18,21,24-25,27H2,1-7H3,(H,46,54)/t30-,35-,41-/m0/s1. The second-order valence-corrected chi connectivity index (χ2v) is 15.7. The molecule has 3 atom stereocenters. The number of ketones is 3. The van der Waals surface area contributed by atoms with Crippen LogP contribution in [0, 0.1) is 28.9 Å². The number of aliphatic hydroxyl groups is 1. The fraction of sp³-hybridized carbons (Fsp3) is 0.512.